The van der Waals surface area contributed by atoms with Crippen LogP contribution in [0.3, 0.4) is 0 Å². The van der Waals surface area contributed by atoms with Crippen LogP contribution >= 0.6 is 11.6 Å². The third-order valence-corrected chi connectivity index (χ3v) is 2.42. The van der Waals surface area contributed by atoms with Crippen LogP contribution in [-0.4, -0.2) is 4.98 Å². The number of pyridine rings is 1. The number of aryl methyl sites for hydroxylation is 1. The smallest absolute Gasteiger partial charge is 0.0487 e. The Morgan fingerprint density at radius 3 is 2.54 bits per heavy atom. The summed E-state index contributed by atoms with van der Waals surface area (Å²) in [6.45, 7) is 6.05. The van der Waals surface area contributed by atoms with Gasteiger partial charge in [0.2, 0.25) is 0 Å². The number of hydrogen-bond donors (Lipinski definition) is 1. The van der Waals surface area contributed by atoms with Crippen molar-refractivity contribution >= 4 is 11.6 Å². The average Bonchev–Trinajstić information content (AvgIpc) is 2.03. The molecule has 0 bridgehead atoms. The first kappa shape index (κ1) is 10.5. The van der Waals surface area contributed by atoms with E-state index < -0.39 is 0 Å². The lowest BCUT2D eigenvalue weighted by Crippen LogP contribution is -2.17. The molecule has 0 saturated carbocycles. The maximum absolute atomic E-state index is 6.05. The van der Waals surface area contributed by atoms with E-state index in [0.717, 1.165) is 11.3 Å². The standard InChI is InChI=1S/C10H15ClN2/c1-6(2)10(12)8-5-13-7(3)4-9(8)11/h4-6,10H,12H2,1-3H3. The van der Waals surface area contributed by atoms with Crippen molar-refractivity contribution in [2.75, 3.05) is 0 Å². The fourth-order valence-electron chi connectivity index (χ4n) is 1.14. The predicted octanol–water partition coefficient (Wildman–Crippen LogP) is 2.70. The Bertz CT molecular complexity index is 297. The molecule has 0 saturated heterocycles. The van der Waals surface area contributed by atoms with Gasteiger partial charge in [-0.25, -0.2) is 0 Å². The van der Waals surface area contributed by atoms with Crippen LogP contribution in [0.15, 0.2) is 12.3 Å². The number of rotatable bonds is 2. The van der Waals surface area contributed by atoms with Gasteiger partial charge in [-0.2, -0.15) is 0 Å². The van der Waals surface area contributed by atoms with Crippen LogP contribution in [0.5, 0.6) is 0 Å². The molecule has 0 spiro atoms. The van der Waals surface area contributed by atoms with Gasteiger partial charge in [0.05, 0.1) is 0 Å². The molecule has 1 rings (SSSR count). The molecule has 2 N–H and O–H groups in total. The SMILES string of the molecule is Cc1cc(Cl)c(C(N)C(C)C)cn1. The number of nitrogens with two attached hydrogens (primary N) is 1. The number of aromatic nitrogens is 1. The van der Waals surface area contributed by atoms with Crippen molar-refractivity contribution in [3.8, 4) is 0 Å². The normalized spacial score (nSPS) is 13.4. The highest BCUT2D eigenvalue weighted by Crippen LogP contribution is 2.25. The van der Waals surface area contributed by atoms with Crippen LogP contribution in [0.4, 0.5) is 0 Å². The summed E-state index contributed by atoms with van der Waals surface area (Å²) in [4.78, 5) is 4.18. The van der Waals surface area contributed by atoms with Crippen molar-refractivity contribution in [2.45, 2.75) is 26.8 Å². The summed E-state index contributed by atoms with van der Waals surface area (Å²) < 4.78 is 0. The van der Waals surface area contributed by atoms with Crippen LogP contribution in [-0.2, 0) is 0 Å². The third kappa shape index (κ3) is 2.42. The summed E-state index contributed by atoms with van der Waals surface area (Å²) in [5.74, 6) is 0.377. The molecule has 0 aliphatic rings. The third-order valence-electron chi connectivity index (χ3n) is 2.10. The molecule has 3 heteroatoms. The molecule has 0 aliphatic heterocycles. The second-order valence-electron chi connectivity index (χ2n) is 3.62. The summed E-state index contributed by atoms with van der Waals surface area (Å²) in [5.41, 5.74) is 7.82. The minimum atomic E-state index is -0.0272. The van der Waals surface area contributed by atoms with Crippen molar-refractivity contribution < 1.29 is 0 Å². The zero-order valence-electron chi connectivity index (χ0n) is 8.21. The number of hydrogen-bond acceptors (Lipinski definition) is 2. The van der Waals surface area contributed by atoms with Crippen LogP contribution in [0, 0.1) is 12.8 Å². The Kier molecular flexibility index (Phi) is 3.28. The van der Waals surface area contributed by atoms with E-state index in [0.29, 0.717) is 10.9 Å². The Balaban J connectivity index is 3.01. The van der Waals surface area contributed by atoms with Gasteiger partial charge < -0.3 is 5.73 Å². The summed E-state index contributed by atoms with van der Waals surface area (Å²) in [7, 11) is 0. The molecular formula is C10H15ClN2. The van der Waals surface area contributed by atoms with E-state index in [1.54, 1.807) is 6.20 Å². The summed E-state index contributed by atoms with van der Waals surface area (Å²) in [6.07, 6.45) is 1.77. The fraction of sp³-hybridized carbons (Fsp3) is 0.500. The first-order valence-corrected chi connectivity index (χ1v) is 4.77. The highest BCUT2D eigenvalue weighted by Gasteiger charge is 2.13. The van der Waals surface area contributed by atoms with Crippen molar-refractivity contribution in [1.29, 1.82) is 0 Å². The molecule has 1 atom stereocenters. The molecule has 0 aromatic carbocycles. The van der Waals surface area contributed by atoms with Crippen molar-refractivity contribution in [3.63, 3.8) is 0 Å². The molecule has 0 aliphatic carbocycles. The zero-order chi connectivity index (χ0) is 10.0. The average molecular weight is 199 g/mol. The van der Waals surface area contributed by atoms with Crippen LogP contribution in [0.25, 0.3) is 0 Å². The van der Waals surface area contributed by atoms with Gasteiger partial charge in [-0.05, 0) is 18.9 Å². The molecule has 1 aromatic heterocycles. The molecule has 13 heavy (non-hydrogen) atoms. The van der Waals surface area contributed by atoms with Crippen molar-refractivity contribution in [3.05, 3.63) is 28.5 Å². The minimum Gasteiger partial charge on any atom is -0.324 e. The first-order chi connectivity index (χ1) is 6.02. The second-order valence-corrected chi connectivity index (χ2v) is 4.02. The molecule has 0 fully saturated rings. The molecule has 72 valence electrons. The number of nitrogens with zero attached hydrogens (tertiary/aromatic N) is 1. The van der Waals surface area contributed by atoms with Gasteiger partial charge in [0.25, 0.3) is 0 Å². The Hall–Kier alpha value is -0.600. The Labute approximate surface area is 84.1 Å². The van der Waals surface area contributed by atoms with Gasteiger partial charge in [-0.1, -0.05) is 25.4 Å². The van der Waals surface area contributed by atoms with E-state index >= 15 is 0 Å². The largest absolute Gasteiger partial charge is 0.324 e. The van der Waals surface area contributed by atoms with Crippen LogP contribution < -0.4 is 5.73 Å². The molecule has 0 amide bonds. The molecular weight excluding hydrogens is 184 g/mol. The second kappa shape index (κ2) is 4.07. The lowest BCUT2D eigenvalue weighted by Gasteiger charge is -2.16. The van der Waals surface area contributed by atoms with E-state index in [-0.39, 0.29) is 6.04 Å². The lowest BCUT2D eigenvalue weighted by atomic mass is 9.98. The molecule has 1 unspecified atom stereocenters. The molecule has 0 radical (unpaired) electrons. The van der Waals surface area contributed by atoms with E-state index in [1.807, 2.05) is 13.0 Å². The van der Waals surface area contributed by atoms with Crippen LogP contribution in [0.1, 0.15) is 31.1 Å². The molecule has 1 aromatic rings. The summed E-state index contributed by atoms with van der Waals surface area (Å²) in [6, 6.07) is 1.82. The predicted molar refractivity (Wildman–Crippen MR) is 55.8 cm³/mol. The fourth-order valence-corrected chi connectivity index (χ4v) is 1.47. The van der Waals surface area contributed by atoms with Crippen LogP contribution in [0.2, 0.25) is 5.02 Å². The topological polar surface area (TPSA) is 38.9 Å². The van der Waals surface area contributed by atoms with Gasteiger partial charge in [0.1, 0.15) is 0 Å². The maximum Gasteiger partial charge on any atom is 0.0487 e. The van der Waals surface area contributed by atoms with E-state index in [2.05, 4.69) is 18.8 Å². The van der Waals surface area contributed by atoms with Gasteiger partial charge in [-0.15, -0.1) is 0 Å². The maximum atomic E-state index is 6.05. The highest BCUT2D eigenvalue weighted by atomic mass is 35.5. The van der Waals surface area contributed by atoms with Crippen molar-refractivity contribution in [1.82, 2.24) is 4.98 Å². The van der Waals surface area contributed by atoms with E-state index in [4.69, 9.17) is 17.3 Å². The minimum absolute atomic E-state index is 0.0272. The van der Waals surface area contributed by atoms with E-state index in [9.17, 15) is 0 Å². The van der Waals surface area contributed by atoms with Gasteiger partial charge in [0, 0.05) is 28.5 Å². The van der Waals surface area contributed by atoms with Crippen molar-refractivity contribution in [2.24, 2.45) is 11.7 Å². The van der Waals surface area contributed by atoms with Gasteiger partial charge in [-0.3, -0.25) is 4.98 Å². The first-order valence-electron chi connectivity index (χ1n) is 4.40. The van der Waals surface area contributed by atoms with E-state index in [1.165, 1.54) is 0 Å². The van der Waals surface area contributed by atoms with Gasteiger partial charge >= 0.3 is 0 Å². The monoisotopic (exact) mass is 198 g/mol. The zero-order valence-corrected chi connectivity index (χ0v) is 8.97. The Morgan fingerprint density at radius 2 is 2.08 bits per heavy atom. The summed E-state index contributed by atoms with van der Waals surface area (Å²) in [5, 5.41) is 0.716. The number of halogens is 1. The Morgan fingerprint density at radius 1 is 1.46 bits per heavy atom. The molecule has 2 nitrogen and oxygen atoms in total. The van der Waals surface area contributed by atoms with Gasteiger partial charge in [0.15, 0.2) is 0 Å². The quantitative estimate of drug-likeness (QED) is 0.794. The highest BCUT2D eigenvalue weighted by molar-refractivity contribution is 6.31. The molecule has 1 heterocycles. The lowest BCUT2D eigenvalue weighted by molar-refractivity contribution is 0.513. The summed E-state index contributed by atoms with van der Waals surface area (Å²) >= 11 is 6.05.